The highest BCUT2D eigenvalue weighted by Crippen LogP contribution is 1.63. The second-order valence-corrected chi connectivity index (χ2v) is 2.66. The molecule has 0 aliphatic heterocycles. The van der Waals surface area contributed by atoms with E-state index in [2.05, 4.69) is 0 Å². The minimum Gasteiger partial charge on any atom is -0.390 e. The second kappa shape index (κ2) is 6.70. The first-order chi connectivity index (χ1) is 4.37. The van der Waals surface area contributed by atoms with Crippen molar-refractivity contribution in [1.29, 1.82) is 0 Å². The van der Waals surface area contributed by atoms with E-state index in [1.807, 2.05) is 38.4 Å². The van der Waals surface area contributed by atoms with E-state index in [-0.39, 0.29) is 0 Å². The van der Waals surface area contributed by atoms with Crippen molar-refractivity contribution in [3.8, 4) is 0 Å². The van der Waals surface area contributed by atoms with Crippen LogP contribution in [0.3, 0.4) is 0 Å². The standard InChI is InChI=1S/C3H11BN2.C2H8N2/c1-5(2)6(3)4;1-4(2)3/h4H2,1-3H3;3H2,1-2H3. The van der Waals surface area contributed by atoms with Crippen LogP contribution >= 0.6 is 0 Å². The first kappa shape index (κ1) is 12.3. The Morgan fingerprint density at radius 1 is 1.20 bits per heavy atom. The summed E-state index contributed by atoms with van der Waals surface area (Å²) in [5, 5.41) is 3.50. The van der Waals surface area contributed by atoms with Gasteiger partial charge in [0.1, 0.15) is 7.05 Å². The van der Waals surface area contributed by atoms with Gasteiger partial charge in [0.25, 0.3) is 0 Å². The number of rotatable bonds is 1. The minimum atomic E-state index is 1.50. The second-order valence-electron chi connectivity index (χ2n) is 2.66. The molecule has 62 valence electrons. The Balaban J connectivity index is 0. The zero-order chi connectivity index (χ0) is 8.73. The number of hydrogen-bond donors (Lipinski definition) is 1. The van der Waals surface area contributed by atoms with E-state index < -0.39 is 0 Å². The highest BCUT2D eigenvalue weighted by atomic mass is 15.5. The Morgan fingerprint density at radius 3 is 1.30 bits per heavy atom. The van der Waals surface area contributed by atoms with Crippen molar-refractivity contribution in [2.75, 3.05) is 35.2 Å². The molecule has 0 unspecified atom stereocenters. The van der Waals surface area contributed by atoms with Gasteiger partial charge in [0.2, 0.25) is 0 Å². The molecule has 0 aromatic rings. The fraction of sp³-hybridized carbons (Fsp3) is 1.00. The monoisotopic (exact) mass is 146 g/mol. The molecule has 0 fully saturated rings. The van der Waals surface area contributed by atoms with Crippen LogP contribution in [0.5, 0.6) is 0 Å². The summed E-state index contributed by atoms with van der Waals surface area (Å²) >= 11 is 0. The summed E-state index contributed by atoms with van der Waals surface area (Å²) in [7, 11) is 11.6. The zero-order valence-electron chi connectivity index (χ0n) is 7.92. The van der Waals surface area contributed by atoms with Gasteiger partial charge in [-0.2, -0.15) is 0 Å². The van der Waals surface area contributed by atoms with Gasteiger partial charge in [-0.3, -0.25) is 15.9 Å². The molecule has 0 atom stereocenters. The van der Waals surface area contributed by atoms with Crippen molar-refractivity contribution >= 4 is 7.64 Å². The Hall–Kier alpha value is -0.415. The molecule has 4 nitrogen and oxygen atoms in total. The van der Waals surface area contributed by atoms with Crippen LogP contribution < -0.4 is 5.84 Å². The van der Waals surface area contributed by atoms with E-state index in [0.29, 0.717) is 0 Å². The normalized spacial score (nSPS) is 8.30. The average Bonchev–Trinajstić information content (AvgIpc) is 1.63. The predicted octanol–water partition coefficient (Wildman–Crippen LogP) is -1.66. The Labute approximate surface area is 64.3 Å². The molecule has 0 aliphatic rings. The maximum atomic E-state index is 4.94. The lowest BCUT2D eigenvalue weighted by Crippen LogP contribution is -2.21. The SMILES string of the molecule is CN(C)N.[BH2-]=[N+](C)N(C)C. The lowest BCUT2D eigenvalue weighted by molar-refractivity contribution is -0.641. The summed E-state index contributed by atoms with van der Waals surface area (Å²) in [6.07, 6.45) is 0. The summed E-state index contributed by atoms with van der Waals surface area (Å²) in [6.45, 7) is 0. The van der Waals surface area contributed by atoms with Gasteiger partial charge in [-0.25, -0.2) is 0 Å². The van der Waals surface area contributed by atoms with Crippen LogP contribution in [0, 0.1) is 0 Å². The lowest BCUT2D eigenvalue weighted by atomic mass is 10.6. The van der Waals surface area contributed by atoms with E-state index in [1.54, 1.807) is 14.1 Å². The van der Waals surface area contributed by atoms with Crippen molar-refractivity contribution in [1.82, 2.24) is 10.0 Å². The van der Waals surface area contributed by atoms with E-state index in [4.69, 9.17) is 5.84 Å². The van der Waals surface area contributed by atoms with Gasteiger partial charge in [0.05, 0.1) is 14.1 Å². The third kappa shape index (κ3) is 25.6. The maximum Gasteiger partial charge on any atom is 0.159 e. The summed E-state index contributed by atoms with van der Waals surface area (Å²) in [5.41, 5.74) is 0. The van der Waals surface area contributed by atoms with E-state index in [9.17, 15) is 0 Å². The maximum absolute atomic E-state index is 4.94. The Kier molecular flexibility index (Phi) is 8.23. The van der Waals surface area contributed by atoms with Gasteiger partial charge in [-0.1, -0.05) is 0 Å². The molecule has 10 heavy (non-hydrogen) atoms. The van der Waals surface area contributed by atoms with Crippen molar-refractivity contribution in [2.24, 2.45) is 5.84 Å². The molecular formula is C5H19BN4. The molecule has 0 saturated carbocycles. The zero-order valence-corrected chi connectivity index (χ0v) is 7.92. The number of nitrogens with two attached hydrogens (primary N) is 1. The van der Waals surface area contributed by atoms with Gasteiger partial charge in [0.15, 0.2) is 7.64 Å². The van der Waals surface area contributed by atoms with Gasteiger partial charge in [0, 0.05) is 14.1 Å². The summed E-state index contributed by atoms with van der Waals surface area (Å²) in [6, 6.07) is 0. The van der Waals surface area contributed by atoms with Crippen LogP contribution in [0.1, 0.15) is 0 Å². The van der Waals surface area contributed by atoms with Crippen LogP contribution in [-0.2, 0) is 0 Å². The van der Waals surface area contributed by atoms with Crippen molar-refractivity contribution in [3.05, 3.63) is 0 Å². The van der Waals surface area contributed by atoms with Gasteiger partial charge in [-0.15, -0.1) is 0 Å². The molecule has 0 aromatic carbocycles. The molecule has 0 aliphatic carbocycles. The van der Waals surface area contributed by atoms with Crippen molar-refractivity contribution < 1.29 is 4.59 Å². The molecule has 5 heteroatoms. The third-order valence-electron chi connectivity index (χ3n) is 0.800. The number of nitrogens with zero attached hydrogens (tertiary/aromatic N) is 3. The van der Waals surface area contributed by atoms with E-state index in [0.717, 1.165) is 0 Å². The van der Waals surface area contributed by atoms with Gasteiger partial charge < -0.3 is 4.59 Å². The largest absolute Gasteiger partial charge is 0.390 e. The van der Waals surface area contributed by atoms with Crippen molar-refractivity contribution in [3.63, 3.8) is 0 Å². The molecule has 0 saturated heterocycles. The summed E-state index contributed by atoms with van der Waals surface area (Å²) < 4.78 is 2.00. The highest BCUT2D eigenvalue weighted by Gasteiger charge is 1.75. The van der Waals surface area contributed by atoms with Crippen LogP contribution in [0.25, 0.3) is 0 Å². The first-order valence-corrected chi connectivity index (χ1v) is 3.14. The fourth-order valence-corrected chi connectivity index (χ4v) is 0. The lowest BCUT2D eigenvalue weighted by Gasteiger charge is -2.12. The number of hydrogen-bond acceptors (Lipinski definition) is 3. The van der Waals surface area contributed by atoms with E-state index in [1.165, 1.54) is 5.01 Å². The van der Waals surface area contributed by atoms with Gasteiger partial charge in [-0.05, 0) is 0 Å². The van der Waals surface area contributed by atoms with Crippen molar-refractivity contribution in [2.45, 2.75) is 0 Å². The van der Waals surface area contributed by atoms with Crippen LogP contribution in [-0.4, -0.2) is 57.5 Å². The van der Waals surface area contributed by atoms with Crippen LogP contribution in [0.2, 0.25) is 0 Å². The fourth-order valence-electron chi connectivity index (χ4n) is 0. The Morgan fingerprint density at radius 2 is 1.30 bits per heavy atom. The molecule has 0 rings (SSSR count). The van der Waals surface area contributed by atoms with Gasteiger partial charge >= 0.3 is 0 Å². The quantitative estimate of drug-likeness (QED) is 0.273. The Bertz CT molecular complexity index is 88.9. The topological polar surface area (TPSA) is 35.5 Å². The minimum absolute atomic E-state index is 1.50. The summed E-state index contributed by atoms with van der Waals surface area (Å²) in [5.74, 6) is 4.94. The molecule has 0 amide bonds. The predicted molar refractivity (Wildman–Crippen MR) is 46.3 cm³/mol. The summed E-state index contributed by atoms with van der Waals surface area (Å²) in [4.78, 5) is 0. The molecule has 0 radical (unpaired) electrons. The smallest absolute Gasteiger partial charge is 0.159 e. The molecule has 0 heterocycles. The van der Waals surface area contributed by atoms with Crippen LogP contribution in [0.15, 0.2) is 0 Å². The van der Waals surface area contributed by atoms with E-state index >= 15 is 0 Å². The first-order valence-electron chi connectivity index (χ1n) is 3.14. The molecule has 0 spiro atoms. The molecule has 2 N–H and O–H groups in total. The molecule has 0 aromatic heterocycles. The van der Waals surface area contributed by atoms with Crippen LogP contribution in [0.4, 0.5) is 0 Å². The average molecular weight is 146 g/mol. The molecule has 0 bridgehead atoms. The highest BCUT2D eigenvalue weighted by molar-refractivity contribution is 5.85. The third-order valence-corrected chi connectivity index (χ3v) is 0.800. The number of hydrazine groups is 2. The molecular weight excluding hydrogens is 127 g/mol.